The summed E-state index contributed by atoms with van der Waals surface area (Å²) in [5, 5.41) is 16.8. The monoisotopic (exact) mass is 541 g/mol. The minimum Gasteiger partial charge on any atom is -0.353 e. The van der Waals surface area contributed by atoms with E-state index in [-0.39, 0.29) is 17.4 Å². The summed E-state index contributed by atoms with van der Waals surface area (Å²) in [4.78, 5) is 19.7. The molecule has 37 heavy (non-hydrogen) atoms. The van der Waals surface area contributed by atoms with E-state index in [0.29, 0.717) is 50.7 Å². The second-order valence-corrected chi connectivity index (χ2v) is 10.6. The van der Waals surface area contributed by atoms with E-state index in [9.17, 15) is 9.18 Å². The van der Waals surface area contributed by atoms with Crippen molar-refractivity contribution in [3.8, 4) is 11.3 Å². The third-order valence-corrected chi connectivity index (χ3v) is 7.83. The van der Waals surface area contributed by atoms with E-state index < -0.39 is 5.82 Å². The maximum absolute atomic E-state index is 14.3. The van der Waals surface area contributed by atoms with Gasteiger partial charge in [0.05, 0.1) is 11.4 Å². The Hall–Kier alpha value is -2.92. The molecule has 1 saturated heterocycles. The summed E-state index contributed by atoms with van der Waals surface area (Å²) in [5.74, 6) is -0.0267. The number of pyridine rings is 1. The van der Waals surface area contributed by atoms with E-state index in [0.717, 1.165) is 25.8 Å². The molecule has 1 aromatic carbocycles. The number of rotatable bonds is 7. The minimum absolute atomic E-state index is 0.0159. The molecule has 3 heterocycles. The highest BCUT2D eigenvalue weighted by atomic mass is 35.5. The lowest BCUT2D eigenvalue weighted by Crippen LogP contribution is -2.50. The third-order valence-electron chi connectivity index (χ3n) is 7.28. The van der Waals surface area contributed by atoms with Crippen LogP contribution in [0.2, 0.25) is 5.02 Å². The minimum atomic E-state index is -0.443. The molecule has 0 radical (unpaired) electrons. The Morgan fingerprint density at radius 3 is 2.78 bits per heavy atom. The van der Waals surface area contributed by atoms with Crippen LogP contribution in [0.3, 0.4) is 0 Å². The van der Waals surface area contributed by atoms with Crippen LogP contribution < -0.4 is 16.0 Å². The van der Waals surface area contributed by atoms with E-state index in [2.05, 4.69) is 43.0 Å². The molecule has 8 nitrogen and oxygen atoms in total. The highest BCUT2D eigenvalue weighted by Crippen LogP contribution is 2.36. The number of benzene rings is 1. The van der Waals surface area contributed by atoms with Gasteiger partial charge in [0.1, 0.15) is 16.3 Å². The van der Waals surface area contributed by atoms with Crippen molar-refractivity contribution >= 4 is 46.9 Å². The van der Waals surface area contributed by atoms with Crippen molar-refractivity contribution in [2.24, 2.45) is 5.92 Å². The molecular formula is C26H29ClFN7OS. The zero-order valence-electron chi connectivity index (χ0n) is 20.6. The third kappa shape index (κ3) is 5.67. The molecule has 2 fully saturated rings. The number of halogens is 2. The Bertz CT molecular complexity index is 1360. The zero-order chi connectivity index (χ0) is 26.1. The van der Waals surface area contributed by atoms with Gasteiger partial charge in [0.2, 0.25) is 5.91 Å². The van der Waals surface area contributed by atoms with Gasteiger partial charge in [-0.25, -0.2) is 9.37 Å². The van der Waals surface area contributed by atoms with Gasteiger partial charge in [0.15, 0.2) is 0 Å². The predicted molar refractivity (Wildman–Crippen MR) is 146 cm³/mol. The predicted octanol–water partition coefficient (Wildman–Crippen LogP) is 5.14. The highest BCUT2D eigenvalue weighted by molar-refractivity contribution is 7.71. The number of anilines is 3. The van der Waals surface area contributed by atoms with Crippen LogP contribution in [-0.4, -0.2) is 57.7 Å². The average molecular weight is 542 g/mol. The van der Waals surface area contributed by atoms with Crippen molar-refractivity contribution in [2.75, 3.05) is 24.2 Å². The number of likely N-dealkylation sites (tertiary alicyclic amines) is 1. The van der Waals surface area contributed by atoms with Gasteiger partial charge in [-0.15, -0.1) is 0 Å². The maximum Gasteiger partial charge on any atom is 0.228 e. The van der Waals surface area contributed by atoms with Crippen molar-refractivity contribution in [1.82, 2.24) is 25.4 Å². The number of hydrogen-bond donors (Lipinski definition) is 4. The fourth-order valence-electron chi connectivity index (χ4n) is 5.14. The van der Waals surface area contributed by atoms with Crippen LogP contribution in [-0.2, 0) is 4.79 Å². The van der Waals surface area contributed by atoms with Gasteiger partial charge in [-0.05, 0) is 63.6 Å². The zero-order valence-corrected chi connectivity index (χ0v) is 22.2. The fourth-order valence-corrected chi connectivity index (χ4v) is 5.47. The van der Waals surface area contributed by atoms with Gasteiger partial charge >= 0.3 is 0 Å². The molecule has 11 heteroatoms. The van der Waals surface area contributed by atoms with Gasteiger partial charge in [-0.3, -0.25) is 14.8 Å². The van der Waals surface area contributed by atoms with Gasteiger partial charge in [0.25, 0.3) is 0 Å². The molecule has 4 N–H and O–H groups in total. The fraction of sp³-hybridized carbons (Fsp3) is 0.385. The Morgan fingerprint density at radius 1 is 1.22 bits per heavy atom. The molecule has 1 amide bonds. The molecule has 2 atom stereocenters. The molecule has 0 spiro atoms. The Morgan fingerprint density at radius 2 is 2.03 bits per heavy atom. The summed E-state index contributed by atoms with van der Waals surface area (Å²) >= 11 is 11.4. The first-order valence-corrected chi connectivity index (χ1v) is 13.1. The van der Waals surface area contributed by atoms with Crippen molar-refractivity contribution in [2.45, 2.75) is 44.3 Å². The van der Waals surface area contributed by atoms with Crippen LogP contribution in [0.4, 0.5) is 21.6 Å². The van der Waals surface area contributed by atoms with Crippen molar-refractivity contribution in [3.05, 3.63) is 58.1 Å². The lowest BCUT2D eigenvalue weighted by atomic mass is 9.78. The number of likely N-dealkylation sites (N-methyl/N-ethyl adjacent to an activating group) is 1. The van der Waals surface area contributed by atoms with Gasteiger partial charge in [0, 0.05) is 59.1 Å². The van der Waals surface area contributed by atoms with Crippen molar-refractivity contribution < 1.29 is 9.18 Å². The maximum atomic E-state index is 14.3. The summed E-state index contributed by atoms with van der Waals surface area (Å²) in [6, 6.07) is 10.9. The average Bonchev–Trinajstić information content (AvgIpc) is 3.21. The number of nitrogens with one attached hydrogen (secondary N) is 4. The number of hydrogen-bond acceptors (Lipinski definition) is 7. The molecule has 2 aliphatic rings. The first kappa shape index (κ1) is 25.7. The summed E-state index contributed by atoms with van der Waals surface area (Å²) < 4.78 is 14.7. The van der Waals surface area contributed by atoms with E-state index in [4.69, 9.17) is 23.8 Å². The number of carbonyl (C=O) groups excluding carboxylic acids is 1. The summed E-state index contributed by atoms with van der Waals surface area (Å²) in [6.45, 7) is 3.30. The SMILES string of the molecule is CN[C@H]1C[C@@H](C)N(C2CC(C(=O)Nc3cc(Nc4cc(-c5cc(Cl)ccc5F)n[nH]c4=S)ccn3)C2)C1. The van der Waals surface area contributed by atoms with Gasteiger partial charge in [-0.2, -0.15) is 5.10 Å². The lowest BCUT2D eigenvalue weighted by Gasteiger charge is -2.42. The van der Waals surface area contributed by atoms with Gasteiger partial charge < -0.3 is 16.0 Å². The number of amides is 1. The van der Waals surface area contributed by atoms with Crippen LogP contribution in [0.15, 0.2) is 42.6 Å². The highest BCUT2D eigenvalue weighted by Gasteiger charge is 2.42. The molecule has 1 saturated carbocycles. The van der Waals surface area contributed by atoms with Crippen molar-refractivity contribution in [1.29, 1.82) is 0 Å². The molecule has 2 aromatic heterocycles. The summed E-state index contributed by atoms with van der Waals surface area (Å²) in [5.41, 5.74) is 1.81. The van der Waals surface area contributed by atoms with E-state index >= 15 is 0 Å². The molecule has 1 aliphatic carbocycles. The van der Waals surface area contributed by atoms with E-state index in [1.165, 1.54) is 18.2 Å². The smallest absolute Gasteiger partial charge is 0.228 e. The molecule has 0 unspecified atom stereocenters. The number of H-pyrrole nitrogens is 1. The normalized spacial score (nSPS) is 23.5. The molecule has 5 rings (SSSR count). The number of carbonyl (C=O) groups is 1. The lowest BCUT2D eigenvalue weighted by molar-refractivity contribution is -0.124. The van der Waals surface area contributed by atoms with Crippen LogP contribution in [0.25, 0.3) is 11.3 Å². The second-order valence-electron chi connectivity index (χ2n) is 9.75. The van der Waals surface area contributed by atoms with E-state index in [1.807, 2.05) is 7.05 Å². The molecule has 194 valence electrons. The molecule has 1 aliphatic heterocycles. The number of aromatic amines is 1. The largest absolute Gasteiger partial charge is 0.353 e. The molecular weight excluding hydrogens is 513 g/mol. The first-order valence-electron chi connectivity index (χ1n) is 12.3. The number of aromatic nitrogens is 3. The van der Waals surface area contributed by atoms with Crippen LogP contribution in [0, 0.1) is 16.4 Å². The first-order chi connectivity index (χ1) is 17.8. The summed E-state index contributed by atoms with van der Waals surface area (Å²) in [6.07, 6.45) is 4.47. The Labute approximate surface area is 225 Å². The quantitative estimate of drug-likeness (QED) is 0.308. The number of nitrogens with zero attached hydrogens (tertiary/aromatic N) is 3. The van der Waals surface area contributed by atoms with Gasteiger partial charge in [-0.1, -0.05) is 23.8 Å². The van der Waals surface area contributed by atoms with E-state index in [1.54, 1.807) is 24.4 Å². The Kier molecular flexibility index (Phi) is 7.52. The van der Waals surface area contributed by atoms with Crippen LogP contribution in [0.5, 0.6) is 0 Å². The second kappa shape index (κ2) is 10.8. The molecule has 3 aromatic rings. The standard InChI is InChI=1S/C26H29ClFN7OS/c1-14-7-18(29-2)13-35(14)19-8-15(9-19)25(36)32-24-11-17(5-6-30-24)31-23-12-22(33-34-26(23)37)20-10-16(27)3-4-21(20)28/h3-6,10-12,14-15,18-19,29H,7-9,13H2,1-2H3,(H,34,37)(H2,30,31,32,33,36)/t14-,15?,18+,19?/m1/s1. The molecule has 0 bridgehead atoms. The summed E-state index contributed by atoms with van der Waals surface area (Å²) in [7, 11) is 2.01. The van der Waals surface area contributed by atoms with Crippen LogP contribution >= 0.6 is 23.8 Å². The van der Waals surface area contributed by atoms with Crippen LogP contribution in [0.1, 0.15) is 26.2 Å². The Balaban J connectivity index is 1.23. The van der Waals surface area contributed by atoms with Crippen molar-refractivity contribution in [3.63, 3.8) is 0 Å². The topological polar surface area (TPSA) is 98.0 Å².